The molecule has 2 aromatic rings. The van der Waals surface area contributed by atoms with Crippen molar-refractivity contribution >= 4 is 21.8 Å². The molecule has 0 aliphatic heterocycles. The molecule has 0 fully saturated rings. The number of hydrogen-bond acceptors (Lipinski definition) is 2. The Morgan fingerprint density at radius 3 is 2.70 bits per heavy atom. The lowest BCUT2D eigenvalue weighted by molar-refractivity contribution is 0.0946. The van der Waals surface area contributed by atoms with Crippen molar-refractivity contribution in [2.75, 3.05) is 7.11 Å². The molecule has 0 aliphatic rings. The Morgan fingerprint density at radius 1 is 1.30 bits per heavy atom. The molecule has 0 aliphatic carbocycles. The van der Waals surface area contributed by atoms with Crippen molar-refractivity contribution in [3.05, 3.63) is 63.9 Å². The first-order chi connectivity index (χ1) is 9.61. The van der Waals surface area contributed by atoms with Gasteiger partial charge < -0.3 is 10.1 Å². The van der Waals surface area contributed by atoms with Crippen LogP contribution in [0.1, 0.15) is 15.9 Å². The summed E-state index contributed by atoms with van der Waals surface area (Å²) in [6.07, 6.45) is 0. The van der Waals surface area contributed by atoms with Crippen molar-refractivity contribution in [3.63, 3.8) is 0 Å². The van der Waals surface area contributed by atoms with Crippen LogP contribution in [0.15, 0.2) is 46.9 Å². The fourth-order valence-corrected chi connectivity index (χ4v) is 2.14. The lowest BCUT2D eigenvalue weighted by atomic mass is 10.1. The van der Waals surface area contributed by atoms with Crippen molar-refractivity contribution in [2.45, 2.75) is 6.54 Å². The fraction of sp³-hybridized carbons (Fsp3) is 0.133. The second-order valence-corrected chi connectivity index (χ2v) is 4.97. The number of rotatable bonds is 4. The van der Waals surface area contributed by atoms with Gasteiger partial charge in [-0.25, -0.2) is 4.39 Å². The SMILES string of the molecule is COc1ccc(C(=O)NCc2ccccc2Br)c(F)c1. The Bertz CT molecular complexity index is 631. The van der Waals surface area contributed by atoms with Gasteiger partial charge in [-0.1, -0.05) is 34.1 Å². The molecule has 1 amide bonds. The van der Waals surface area contributed by atoms with E-state index in [1.54, 1.807) is 6.07 Å². The second-order valence-electron chi connectivity index (χ2n) is 4.12. The summed E-state index contributed by atoms with van der Waals surface area (Å²) in [6, 6.07) is 11.7. The number of halogens is 2. The Hall–Kier alpha value is -1.88. The third-order valence-electron chi connectivity index (χ3n) is 2.82. The van der Waals surface area contributed by atoms with Gasteiger partial charge in [-0.15, -0.1) is 0 Å². The lowest BCUT2D eigenvalue weighted by Crippen LogP contribution is -2.24. The molecular formula is C15H13BrFNO2. The van der Waals surface area contributed by atoms with Crippen LogP contribution in [-0.4, -0.2) is 13.0 Å². The molecule has 3 nitrogen and oxygen atoms in total. The van der Waals surface area contributed by atoms with Crippen LogP contribution >= 0.6 is 15.9 Å². The lowest BCUT2D eigenvalue weighted by Gasteiger charge is -2.08. The summed E-state index contributed by atoms with van der Waals surface area (Å²) in [5.74, 6) is -0.681. The fourth-order valence-electron chi connectivity index (χ4n) is 1.72. The number of carbonyl (C=O) groups excluding carboxylic acids is 1. The highest BCUT2D eigenvalue weighted by Crippen LogP contribution is 2.18. The molecule has 5 heteroatoms. The third-order valence-corrected chi connectivity index (χ3v) is 3.59. The Kier molecular flexibility index (Phi) is 4.74. The zero-order chi connectivity index (χ0) is 14.5. The molecule has 20 heavy (non-hydrogen) atoms. The summed E-state index contributed by atoms with van der Waals surface area (Å²) in [5, 5.41) is 2.68. The van der Waals surface area contributed by atoms with Crippen LogP contribution in [0.4, 0.5) is 4.39 Å². The van der Waals surface area contributed by atoms with Crippen molar-refractivity contribution in [3.8, 4) is 5.75 Å². The standard InChI is InChI=1S/C15H13BrFNO2/c1-20-11-6-7-12(14(17)8-11)15(19)18-9-10-4-2-3-5-13(10)16/h2-8H,9H2,1H3,(H,18,19). The number of ether oxygens (including phenoxy) is 1. The Labute approximate surface area is 124 Å². The third kappa shape index (κ3) is 3.36. The molecule has 2 rings (SSSR count). The Morgan fingerprint density at radius 2 is 2.05 bits per heavy atom. The first-order valence-corrected chi connectivity index (χ1v) is 6.76. The minimum atomic E-state index is -0.603. The normalized spacial score (nSPS) is 10.2. The summed E-state index contributed by atoms with van der Waals surface area (Å²) in [7, 11) is 1.45. The van der Waals surface area contributed by atoms with Gasteiger partial charge in [0.15, 0.2) is 0 Å². The highest BCUT2D eigenvalue weighted by Gasteiger charge is 2.12. The molecule has 1 N–H and O–H groups in total. The van der Waals surface area contributed by atoms with Crippen molar-refractivity contribution in [1.82, 2.24) is 5.32 Å². The van der Waals surface area contributed by atoms with Crippen LogP contribution in [0.2, 0.25) is 0 Å². The van der Waals surface area contributed by atoms with Crippen LogP contribution in [0, 0.1) is 5.82 Å². The van der Waals surface area contributed by atoms with Gasteiger partial charge in [-0.2, -0.15) is 0 Å². The van der Waals surface area contributed by atoms with E-state index in [1.165, 1.54) is 19.2 Å². The molecule has 0 saturated heterocycles. The minimum absolute atomic E-state index is 0.00199. The summed E-state index contributed by atoms with van der Waals surface area (Å²) < 4.78 is 19.5. The minimum Gasteiger partial charge on any atom is -0.497 e. The highest BCUT2D eigenvalue weighted by molar-refractivity contribution is 9.10. The van der Waals surface area contributed by atoms with Crippen molar-refractivity contribution in [2.24, 2.45) is 0 Å². The molecule has 0 radical (unpaired) electrons. The number of carbonyl (C=O) groups is 1. The predicted molar refractivity (Wildman–Crippen MR) is 78.3 cm³/mol. The molecule has 104 valence electrons. The molecule has 0 spiro atoms. The first kappa shape index (κ1) is 14.5. The number of benzene rings is 2. The average Bonchev–Trinajstić information content (AvgIpc) is 2.46. The van der Waals surface area contributed by atoms with E-state index < -0.39 is 11.7 Å². The van der Waals surface area contributed by atoms with Gasteiger partial charge in [0, 0.05) is 17.1 Å². The monoisotopic (exact) mass is 337 g/mol. The number of methoxy groups -OCH3 is 1. The maximum atomic E-state index is 13.7. The van der Waals surface area contributed by atoms with Gasteiger partial charge in [0.2, 0.25) is 0 Å². The van der Waals surface area contributed by atoms with Crippen LogP contribution in [-0.2, 0) is 6.54 Å². The molecule has 2 aromatic carbocycles. The smallest absolute Gasteiger partial charge is 0.254 e. The van der Waals surface area contributed by atoms with E-state index in [-0.39, 0.29) is 5.56 Å². The summed E-state index contributed by atoms with van der Waals surface area (Å²) >= 11 is 3.39. The molecule has 0 saturated carbocycles. The van der Waals surface area contributed by atoms with Gasteiger partial charge >= 0.3 is 0 Å². The number of amides is 1. The molecule has 0 atom stereocenters. The average molecular weight is 338 g/mol. The van der Waals surface area contributed by atoms with E-state index in [9.17, 15) is 9.18 Å². The first-order valence-electron chi connectivity index (χ1n) is 5.97. The Balaban J connectivity index is 2.07. The predicted octanol–water partition coefficient (Wildman–Crippen LogP) is 3.53. The van der Waals surface area contributed by atoms with Gasteiger partial charge in [0.25, 0.3) is 5.91 Å². The van der Waals surface area contributed by atoms with E-state index in [1.807, 2.05) is 24.3 Å². The molecule has 0 bridgehead atoms. The largest absolute Gasteiger partial charge is 0.497 e. The van der Waals surface area contributed by atoms with Crippen LogP contribution in [0.5, 0.6) is 5.75 Å². The molecule has 0 unspecified atom stereocenters. The van der Waals surface area contributed by atoms with E-state index in [0.29, 0.717) is 12.3 Å². The summed E-state index contributed by atoms with van der Waals surface area (Å²) in [4.78, 5) is 11.9. The maximum absolute atomic E-state index is 13.7. The number of hydrogen-bond donors (Lipinski definition) is 1. The van der Waals surface area contributed by atoms with E-state index in [4.69, 9.17) is 4.74 Å². The van der Waals surface area contributed by atoms with E-state index >= 15 is 0 Å². The van der Waals surface area contributed by atoms with Crippen molar-refractivity contribution < 1.29 is 13.9 Å². The van der Waals surface area contributed by atoms with Gasteiger partial charge in [-0.05, 0) is 23.8 Å². The topological polar surface area (TPSA) is 38.3 Å². The summed E-state index contributed by atoms with van der Waals surface area (Å²) in [5.41, 5.74) is 0.924. The molecular weight excluding hydrogens is 325 g/mol. The van der Waals surface area contributed by atoms with Crippen LogP contribution < -0.4 is 10.1 Å². The van der Waals surface area contributed by atoms with Crippen molar-refractivity contribution in [1.29, 1.82) is 0 Å². The van der Waals surface area contributed by atoms with Gasteiger partial charge in [-0.3, -0.25) is 4.79 Å². The van der Waals surface area contributed by atoms with Crippen LogP contribution in [0.3, 0.4) is 0 Å². The zero-order valence-corrected chi connectivity index (χ0v) is 12.4. The number of nitrogens with one attached hydrogen (secondary N) is 1. The maximum Gasteiger partial charge on any atom is 0.254 e. The summed E-state index contributed by atoms with van der Waals surface area (Å²) in [6.45, 7) is 0.325. The van der Waals surface area contributed by atoms with E-state index in [2.05, 4.69) is 21.2 Å². The van der Waals surface area contributed by atoms with E-state index in [0.717, 1.165) is 10.0 Å². The van der Waals surface area contributed by atoms with Crippen LogP contribution in [0.25, 0.3) is 0 Å². The quantitative estimate of drug-likeness (QED) is 0.926. The second kappa shape index (κ2) is 6.52. The van der Waals surface area contributed by atoms with Gasteiger partial charge in [0.05, 0.1) is 12.7 Å². The highest BCUT2D eigenvalue weighted by atomic mass is 79.9. The molecule has 0 heterocycles. The zero-order valence-electron chi connectivity index (χ0n) is 10.8. The molecule has 0 aromatic heterocycles. The van der Waals surface area contributed by atoms with Gasteiger partial charge in [0.1, 0.15) is 11.6 Å².